The lowest BCUT2D eigenvalue weighted by Gasteiger charge is -2.32. The van der Waals surface area contributed by atoms with E-state index < -0.39 is 0 Å². The summed E-state index contributed by atoms with van der Waals surface area (Å²) in [5.41, 5.74) is 1.89. The molecule has 0 bridgehead atoms. The summed E-state index contributed by atoms with van der Waals surface area (Å²) in [6.45, 7) is 6.55. The zero-order valence-corrected chi connectivity index (χ0v) is 15.5. The van der Waals surface area contributed by atoms with E-state index in [4.69, 9.17) is 4.74 Å². The average Bonchev–Trinajstić information content (AvgIpc) is 2.63. The molecule has 0 unspecified atom stereocenters. The lowest BCUT2D eigenvalue weighted by molar-refractivity contribution is 0.0811. The molecule has 0 radical (unpaired) electrons. The summed E-state index contributed by atoms with van der Waals surface area (Å²) in [5, 5.41) is 9.41. The number of aromatic hydroxyl groups is 1. The molecule has 1 heterocycles. The molecular weight excluding hydrogens is 326 g/mol. The third kappa shape index (κ3) is 4.85. The fourth-order valence-electron chi connectivity index (χ4n) is 3.50. The van der Waals surface area contributed by atoms with Crippen molar-refractivity contribution >= 4 is 5.78 Å². The van der Waals surface area contributed by atoms with Crippen molar-refractivity contribution in [3.05, 3.63) is 59.7 Å². The molecule has 4 heteroatoms. The average molecular weight is 353 g/mol. The van der Waals surface area contributed by atoms with Crippen LogP contribution in [0, 0.1) is 5.92 Å². The molecule has 4 nitrogen and oxygen atoms in total. The first-order valence-electron chi connectivity index (χ1n) is 9.32. The number of ether oxygens (including phenoxy) is 1. The number of benzene rings is 2. The molecule has 3 rings (SSSR count). The first kappa shape index (κ1) is 18.5. The van der Waals surface area contributed by atoms with Gasteiger partial charge in [0.25, 0.3) is 0 Å². The molecule has 1 fully saturated rings. The van der Waals surface area contributed by atoms with Gasteiger partial charge in [0.2, 0.25) is 0 Å². The van der Waals surface area contributed by atoms with Crippen LogP contribution in [0.3, 0.4) is 0 Å². The molecule has 0 saturated carbocycles. The molecular formula is C22H27NO3. The molecule has 1 saturated heterocycles. The maximum absolute atomic E-state index is 13.0. The van der Waals surface area contributed by atoms with E-state index >= 15 is 0 Å². The van der Waals surface area contributed by atoms with Crippen LogP contribution in [0.2, 0.25) is 0 Å². The SMILES string of the molecule is CC(C)Oc1cccc(C(=O)[C@@H]2CCCN(Cc3ccc(O)cc3)C2)c1. The summed E-state index contributed by atoms with van der Waals surface area (Å²) in [7, 11) is 0. The van der Waals surface area contributed by atoms with Gasteiger partial charge in [0.05, 0.1) is 6.10 Å². The molecule has 0 aromatic heterocycles. The summed E-state index contributed by atoms with van der Waals surface area (Å²) in [5.74, 6) is 1.26. The highest BCUT2D eigenvalue weighted by atomic mass is 16.5. The van der Waals surface area contributed by atoms with Gasteiger partial charge in [-0.25, -0.2) is 0 Å². The Labute approximate surface area is 155 Å². The first-order chi connectivity index (χ1) is 12.5. The minimum Gasteiger partial charge on any atom is -0.508 e. The zero-order valence-electron chi connectivity index (χ0n) is 15.5. The molecule has 0 aliphatic carbocycles. The van der Waals surface area contributed by atoms with E-state index in [1.807, 2.05) is 50.2 Å². The topological polar surface area (TPSA) is 49.8 Å². The van der Waals surface area contributed by atoms with E-state index in [1.165, 1.54) is 0 Å². The summed E-state index contributed by atoms with van der Waals surface area (Å²) >= 11 is 0. The van der Waals surface area contributed by atoms with Crippen molar-refractivity contribution in [3.63, 3.8) is 0 Å². The van der Waals surface area contributed by atoms with Crippen molar-refractivity contribution in [1.29, 1.82) is 0 Å². The van der Waals surface area contributed by atoms with E-state index in [0.29, 0.717) is 0 Å². The van der Waals surface area contributed by atoms with Crippen LogP contribution in [0.15, 0.2) is 48.5 Å². The van der Waals surface area contributed by atoms with Gasteiger partial charge in [0.1, 0.15) is 11.5 Å². The number of hydrogen-bond donors (Lipinski definition) is 1. The Morgan fingerprint density at radius 2 is 2.00 bits per heavy atom. The summed E-state index contributed by atoms with van der Waals surface area (Å²) in [6, 6.07) is 14.8. The predicted octanol–water partition coefficient (Wildman–Crippen LogP) is 4.27. The van der Waals surface area contributed by atoms with Gasteiger partial charge >= 0.3 is 0 Å². The van der Waals surface area contributed by atoms with Crippen LogP contribution in [0.25, 0.3) is 0 Å². The number of Topliss-reactive ketones (excluding diaryl/α,β-unsaturated/α-hetero) is 1. The summed E-state index contributed by atoms with van der Waals surface area (Å²) < 4.78 is 5.72. The molecule has 1 N–H and O–H groups in total. The second kappa shape index (κ2) is 8.37. The maximum Gasteiger partial charge on any atom is 0.167 e. The third-order valence-electron chi connectivity index (χ3n) is 4.71. The quantitative estimate of drug-likeness (QED) is 0.788. The highest BCUT2D eigenvalue weighted by Crippen LogP contribution is 2.25. The van der Waals surface area contributed by atoms with E-state index in [2.05, 4.69) is 4.90 Å². The number of likely N-dealkylation sites (tertiary alicyclic amines) is 1. The first-order valence-corrected chi connectivity index (χ1v) is 9.32. The Morgan fingerprint density at radius 3 is 2.73 bits per heavy atom. The number of carbonyl (C=O) groups is 1. The fourth-order valence-corrected chi connectivity index (χ4v) is 3.50. The Balaban J connectivity index is 1.65. The minimum atomic E-state index is 0.0233. The van der Waals surface area contributed by atoms with E-state index in [9.17, 15) is 9.90 Å². The molecule has 1 aliphatic heterocycles. The number of phenolic OH excluding ortho intramolecular Hbond substituents is 1. The predicted molar refractivity (Wildman–Crippen MR) is 103 cm³/mol. The molecule has 138 valence electrons. The lowest BCUT2D eigenvalue weighted by Crippen LogP contribution is -2.38. The van der Waals surface area contributed by atoms with Crippen molar-refractivity contribution in [3.8, 4) is 11.5 Å². The fraction of sp³-hybridized carbons (Fsp3) is 0.409. The van der Waals surface area contributed by atoms with E-state index in [1.54, 1.807) is 12.1 Å². The highest BCUT2D eigenvalue weighted by Gasteiger charge is 2.26. The van der Waals surface area contributed by atoms with Crippen LogP contribution in [0.5, 0.6) is 11.5 Å². The molecule has 0 amide bonds. The van der Waals surface area contributed by atoms with E-state index in [0.717, 1.165) is 49.4 Å². The van der Waals surface area contributed by atoms with E-state index in [-0.39, 0.29) is 23.6 Å². The van der Waals surface area contributed by atoms with Crippen LogP contribution in [-0.4, -0.2) is 35.0 Å². The number of piperidine rings is 1. The molecule has 0 spiro atoms. The number of rotatable bonds is 6. The Morgan fingerprint density at radius 1 is 1.23 bits per heavy atom. The van der Waals surface area contributed by atoms with Crippen LogP contribution >= 0.6 is 0 Å². The maximum atomic E-state index is 13.0. The number of ketones is 1. The summed E-state index contributed by atoms with van der Waals surface area (Å²) in [4.78, 5) is 15.3. The second-order valence-corrected chi connectivity index (χ2v) is 7.30. The van der Waals surface area contributed by atoms with Gasteiger partial charge in [-0.15, -0.1) is 0 Å². The van der Waals surface area contributed by atoms with Crippen LogP contribution < -0.4 is 4.74 Å². The standard InChI is InChI=1S/C22H27NO3/c1-16(2)26-21-7-3-5-18(13-21)22(25)19-6-4-12-23(15-19)14-17-8-10-20(24)11-9-17/h3,5,7-11,13,16,19,24H,4,6,12,14-15H2,1-2H3/t19-/m1/s1. The molecule has 1 aliphatic rings. The van der Waals surface area contributed by atoms with Gasteiger partial charge in [-0.05, 0) is 63.1 Å². The number of nitrogens with zero attached hydrogens (tertiary/aromatic N) is 1. The van der Waals surface area contributed by atoms with Crippen molar-refractivity contribution in [2.24, 2.45) is 5.92 Å². The van der Waals surface area contributed by atoms with Gasteiger partial charge in [-0.1, -0.05) is 24.3 Å². The van der Waals surface area contributed by atoms with Crippen molar-refractivity contribution in [1.82, 2.24) is 4.90 Å². The van der Waals surface area contributed by atoms with Crippen molar-refractivity contribution in [2.75, 3.05) is 13.1 Å². The molecule has 2 aromatic carbocycles. The molecule has 2 aromatic rings. The Bertz CT molecular complexity index is 739. The number of carbonyl (C=O) groups excluding carboxylic acids is 1. The zero-order chi connectivity index (χ0) is 18.5. The van der Waals surface area contributed by atoms with Crippen LogP contribution in [0.1, 0.15) is 42.6 Å². The van der Waals surface area contributed by atoms with Gasteiger partial charge in [0.15, 0.2) is 5.78 Å². The monoisotopic (exact) mass is 353 g/mol. The van der Waals surface area contributed by atoms with Crippen LogP contribution in [0.4, 0.5) is 0 Å². The largest absolute Gasteiger partial charge is 0.508 e. The Hall–Kier alpha value is -2.33. The van der Waals surface area contributed by atoms with Crippen molar-refractivity contribution < 1.29 is 14.6 Å². The van der Waals surface area contributed by atoms with Gasteiger partial charge in [-0.3, -0.25) is 9.69 Å². The Kier molecular flexibility index (Phi) is 5.94. The van der Waals surface area contributed by atoms with Gasteiger partial charge < -0.3 is 9.84 Å². The lowest BCUT2D eigenvalue weighted by atomic mass is 9.89. The number of hydrogen-bond acceptors (Lipinski definition) is 4. The molecule has 26 heavy (non-hydrogen) atoms. The van der Waals surface area contributed by atoms with Crippen molar-refractivity contribution in [2.45, 2.75) is 39.3 Å². The number of phenols is 1. The summed E-state index contributed by atoms with van der Waals surface area (Å²) in [6.07, 6.45) is 2.05. The third-order valence-corrected chi connectivity index (χ3v) is 4.71. The van der Waals surface area contributed by atoms with Gasteiger partial charge in [0, 0.05) is 24.6 Å². The highest BCUT2D eigenvalue weighted by molar-refractivity contribution is 5.98. The normalized spacial score (nSPS) is 18.0. The van der Waals surface area contributed by atoms with Gasteiger partial charge in [-0.2, -0.15) is 0 Å². The smallest absolute Gasteiger partial charge is 0.167 e. The van der Waals surface area contributed by atoms with Crippen LogP contribution in [-0.2, 0) is 6.54 Å². The second-order valence-electron chi connectivity index (χ2n) is 7.30. The minimum absolute atomic E-state index is 0.0233. The molecule has 1 atom stereocenters.